The third kappa shape index (κ3) is 3.05. The van der Waals surface area contributed by atoms with Gasteiger partial charge >= 0.3 is 0 Å². The maximum atomic E-state index is 11.4. The summed E-state index contributed by atoms with van der Waals surface area (Å²) < 4.78 is 5.27. The number of nitrogens with one attached hydrogen (secondary N) is 1. The summed E-state index contributed by atoms with van der Waals surface area (Å²) in [5, 5.41) is 0. The lowest BCUT2D eigenvalue weighted by atomic mass is 10.1. The molecule has 0 aliphatic heterocycles. The number of nitrogens with zero attached hydrogens (tertiary/aromatic N) is 2. The number of nitrogen functional groups attached to an aromatic ring is 1. The van der Waals surface area contributed by atoms with Gasteiger partial charge in [-0.3, -0.25) is 15.2 Å². The van der Waals surface area contributed by atoms with Gasteiger partial charge in [0, 0.05) is 35.8 Å². The zero-order valence-corrected chi connectivity index (χ0v) is 10.5. The summed E-state index contributed by atoms with van der Waals surface area (Å²) in [6.45, 7) is 2.47. The Labute approximate surface area is 110 Å². The molecule has 98 valence electrons. The lowest BCUT2D eigenvalue weighted by molar-refractivity contribution is 0.0953. The SMILES string of the molecule is CCOc1ccc(-c2cncc(C(=O)NN)c2)cn1. The topological polar surface area (TPSA) is 90.1 Å². The van der Waals surface area contributed by atoms with E-state index in [0.29, 0.717) is 18.1 Å². The molecule has 0 saturated carbocycles. The van der Waals surface area contributed by atoms with Gasteiger partial charge in [-0.15, -0.1) is 0 Å². The normalized spacial score (nSPS) is 10.0. The molecule has 0 unspecified atom stereocenters. The Balaban J connectivity index is 2.28. The predicted molar refractivity (Wildman–Crippen MR) is 70.3 cm³/mol. The van der Waals surface area contributed by atoms with E-state index in [9.17, 15) is 4.79 Å². The van der Waals surface area contributed by atoms with E-state index in [-0.39, 0.29) is 5.91 Å². The van der Waals surface area contributed by atoms with Crippen molar-refractivity contribution >= 4 is 5.91 Å². The molecule has 6 heteroatoms. The second kappa shape index (κ2) is 5.92. The highest BCUT2D eigenvalue weighted by Crippen LogP contribution is 2.20. The molecule has 6 nitrogen and oxygen atoms in total. The Morgan fingerprint density at radius 1 is 1.32 bits per heavy atom. The van der Waals surface area contributed by atoms with Crippen LogP contribution in [0, 0.1) is 0 Å². The van der Waals surface area contributed by atoms with Gasteiger partial charge in [0.15, 0.2) is 0 Å². The number of rotatable bonds is 4. The van der Waals surface area contributed by atoms with Gasteiger partial charge in [-0.2, -0.15) is 0 Å². The van der Waals surface area contributed by atoms with Gasteiger partial charge in [0.05, 0.1) is 12.2 Å². The van der Waals surface area contributed by atoms with Crippen LogP contribution in [0.4, 0.5) is 0 Å². The summed E-state index contributed by atoms with van der Waals surface area (Å²) in [5.41, 5.74) is 4.11. The van der Waals surface area contributed by atoms with Crippen LogP contribution in [0.2, 0.25) is 0 Å². The Morgan fingerprint density at radius 3 is 2.79 bits per heavy atom. The zero-order valence-electron chi connectivity index (χ0n) is 10.5. The van der Waals surface area contributed by atoms with Gasteiger partial charge in [0.25, 0.3) is 5.91 Å². The molecule has 3 N–H and O–H groups in total. The number of nitrogens with two attached hydrogens (primary N) is 1. The van der Waals surface area contributed by atoms with E-state index < -0.39 is 0 Å². The fourth-order valence-corrected chi connectivity index (χ4v) is 1.59. The van der Waals surface area contributed by atoms with Gasteiger partial charge in [-0.1, -0.05) is 0 Å². The summed E-state index contributed by atoms with van der Waals surface area (Å²) in [5.74, 6) is 5.27. The third-order valence-electron chi connectivity index (χ3n) is 2.49. The van der Waals surface area contributed by atoms with E-state index >= 15 is 0 Å². The average molecular weight is 258 g/mol. The Kier molecular flexibility index (Phi) is 4.04. The highest BCUT2D eigenvalue weighted by molar-refractivity contribution is 5.94. The maximum Gasteiger partial charge on any atom is 0.266 e. The van der Waals surface area contributed by atoms with Crippen molar-refractivity contribution in [2.24, 2.45) is 5.84 Å². The molecule has 2 rings (SSSR count). The number of hydrazine groups is 1. The summed E-state index contributed by atoms with van der Waals surface area (Å²) >= 11 is 0. The summed E-state index contributed by atoms with van der Waals surface area (Å²) in [4.78, 5) is 19.6. The monoisotopic (exact) mass is 258 g/mol. The van der Waals surface area contributed by atoms with Crippen LogP contribution >= 0.6 is 0 Å². The fourth-order valence-electron chi connectivity index (χ4n) is 1.59. The number of carbonyl (C=O) groups excluding carboxylic acids is 1. The van der Waals surface area contributed by atoms with Crippen molar-refractivity contribution in [1.29, 1.82) is 0 Å². The second-order valence-electron chi connectivity index (χ2n) is 3.75. The molecule has 0 bridgehead atoms. The van der Waals surface area contributed by atoms with Crippen molar-refractivity contribution in [2.75, 3.05) is 6.61 Å². The van der Waals surface area contributed by atoms with Crippen LogP contribution in [0.1, 0.15) is 17.3 Å². The van der Waals surface area contributed by atoms with Gasteiger partial charge < -0.3 is 4.74 Å². The highest BCUT2D eigenvalue weighted by Gasteiger charge is 2.06. The number of hydrogen-bond acceptors (Lipinski definition) is 5. The molecule has 1 amide bonds. The summed E-state index contributed by atoms with van der Waals surface area (Å²) in [6.07, 6.45) is 4.78. The van der Waals surface area contributed by atoms with Crippen molar-refractivity contribution in [3.05, 3.63) is 42.4 Å². The molecule has 0 aliphatic rings. The molecular formula is C13H14N4O2. The van der Waals surface area contributed by atoms with Crippen LogP contribution in [0.3, 0.4) is 0 Å². The van der Waals surface area contributed by atoms with Crippen LogP contribution in [-0.2, 0) is 0 Å². The number of hydrogen-bond donors (Lipinski definition) is 2. The minimum Gasteiger partial charge on any atom is -0.478 e. The molecule has 19 heavy (non-hydrogen) atoms. The second-order valence-corrected chi connectivity index (χ2v) is 3.75. The van der Waals surface area contributed by atoms with E-state index in [4.69, 9.17) is 10.6 Å². The molecular weight excluding hydrogens is 244 g/mol. The first-order valence-electron chi connectivity index (χ1n) is 5.79. The van der Waals surface area contributed by atoms with E-state index in [0.717, 1.165) is 11.1 Å². The van der Waals surface area contributed by atoms with Crippen LogP contribution in [0.25, 0.3) is 11.1 Å². The van der Waals surface area contributed by atoms with E-state index in [2.05, 4.69) is 15.4 Å². The van der Waals surface area contributed by atoms with E-state index in [1.165, 1.54) is 6.20 Å². The molecule has 0 fully saturated rings. The quantitative estimate of drug-likeness (QED) is 0.487. The van der Waals surface area contributed by atoms with E-state index in [1.807, 2.05) is 13.0 Å². The van der Waals surface area contributed by atoms with Crippen molar-refractivity contribution in [3.8, 4) is 17.0 Å². The molecule has 2 heterocycles. The van der Waals surface area contributed by atoms with E-state index in [1.54, 1.807) is 24.5 Å². The lowest BCUT2D eigenvalue weighted by Crippen LogP contribution is -2.30. The first kappa shape index (κ1) is 13.0. The summed E-state index contributed by atoms with van der Waals surface area (Å²) in [6, 6.07) is 5.33. The molecule has 0 atom stereocenters. The largest absolute Gasteiger partial charge is 0.478 e. The molecule has 0 aliphatic carbocycles. The molecule has 2 aromatic heterocycles. The fraction of sp³-hybridized carbons (Fsp3) is 0.154. The zero-order chi connectivity index (χ0) is 13.7. The molecule has 0 spiro atoms. The van der Waals surface area contributed by atoms with Crippen LogP contribution in [0.15, 0.2) is 36.8 Å². The van der Waals surface area contributed by atoms with Crippen LogP contribution in [-0.4, -0.2) is 22.5 Å². The first-order chi connectivity index (χ1) is 9.24. The minimum absolute atomic E-state index is 0.381. The smallest absolute Gasteiger partial charge is 0.266 e. The highest BCUT2D eigenvalue weighted by atomic mass is 16.5. The lowest BCUT2D eigenvalue weighted by Gasteiger charge is -2.05. The Hall–Kier alpha value is -2.47. The van der Waals surface area contributed by atoms with Crippen LogP contribution in [0.5, 0.6) is 5.88 Å². The molecule has 0 radical (unpaired) electrons. The Bertz CT molecular complexity index is 569. The average Bonchev–Trinajstić information content (AvgIpc) is 2.48. The predicted octanol–water partition coefficient (Wildman–Crippen LogP) is 1.15. The van der Waals surface area contributed by atoms with Gasteiger partial charge in [-0.25, -0.2) is 10.8 Å². The van der Waals surface area contributed by atoms with Crippen LogP contribution < -0.4 is 16.0 Å². The van der Waals surface area contributed by atoms with Crippen molar-refractivity contribution in [1.82, 2.24) is 15.4 Å². The van der Waals surface area contributed by atoms with Gasteiger partial charge in [0.2, 0.25) is 5.88 Å². The molecule has 2 aromatic rings. The number of amides is 1. The molecule has 0 saturated heterocycles. The summed E-state index contributed by atoms with van der Waals surface area (Å²) in [7, 11) is 0. The number of ether oxygens (including phenoxy) is 1. The number of pyridine rings is 2. The van der Waals surface area contributed by atoms with Crippen molar-refractivity contribution in [2.45, 2.75) is 6.92 Å². The molecule has 0 aromatic carbocycles. The van der Waals surface area contributed by atoms with Crippen molar-refractivity contribution < 1.29 is 9.53 Å². The standard InChI is InChI=1S/C13H14N4O2/c1-2-19-12-4-3-9(8-16-12)10-5-11(7-15-6-10)13(18)17-14/h3-8H,2,14H2,1H3,(H,17,18). The maximum absolute atomic E-state index is 11.4. The van der Waals surface area contributed by atoms with Gasteiger partial charge in [-0.05, 0) is 19.1 Å². The minimum atomic E-state index is -0.381. The Morgan fingerprint density at radius 2 is 2.16 bits per heavy atom. The van der Waals surface area contributed by atoms with Gasteiger partial charge in [0.1, 0.15) is 0 Å². The number of carbonyl (C=O) groups is 1. The first-order valence-corrected chi connectivity index (χ1v) is 5.79. The third-order valence-corrected chi connectivity index (χ3v) is 2.49. The van der Waals surface area contributed by atoms with Crippen molar-refractivity contribution in [3.63, 3.8) is 0 Å². The number of aromatic nitrogens is 2.